The average Bonchev–Trinajstić information content (AvgIpc) is 3.89. The lowest BCUT2D eigenvalue weighted by Crippen LogP contribution is -2.29. The molecule has 2 heteroatoms. The minimum absolute atomic E-state index is 0.645. The number of benzene rings is 12. The highest BCUT2D eigenvalue weighted by Gasteiger charge is 2.50. The minimum Gasteiger partial charge on any atom is -0.456 e. The van der Waals surface area contributed by atoms with E-state index in [4.69, 9.17) is 4.42 Å². The molecule has 1 heterocycles. The Labute approximate surface area is 387 Å². The van der Waals surface area contributed by atoms with Crippen molar-refractivity contribution < 1.29 is 4.42 Å². The van der Waals surface area contributed by atoms with E-state index in [0.717, 1.165) is 50.1 Å². The lowest BCUT2D eigenvalue weighted by atomic mass is 9.65. The molecule has 1 aromatic heterocycles. The maximum absolute atomic E-state index is 6.59. The molecule has 1 unspecified atom stereocenters. The van der Waals surface area contributed by atoms with E-state index in [1.807, 2.05) is 0 Å². The van der Waals surface area contributed by atoms with Crippen LogP contribution in [0.25, 0.3) is 98.8 Å². The summed E-state index contributed by atoms with van der Waals surface area (Å²) >= 11 is 0. The largest absolute Gasteiger partial charge is 0.456 e. The smallest absolute Gasteiger partial charge is 0.137 e. The van der Waals surface area contributed by atoms with Gasteiger partial charge in [0.1, 0.15) is 11.2 Å². The fraction of sp³-hybridized carbons (Fsp3) is 0.0154. The first-order valence-corrected chi connectivity index (χ1v) is 23.3. The quantitative estimate of drug-likeness (QED) is 0.164. The van der Waals surface area contributed by atoms with Crippen LogP contribution in [0.4, 0.5) is 17.1 Å². The maximum Gasteiger partial charge on any atom is 0.137 e. The number of anilines is 3. The molecule has 0 N–H and O–H groups in total. The SMILES string of the molecule is c1ccc(-c2ccccc2N(c2ccc3c(c2)-c2ccccc2-c2ccccc2C32c3ccccc3-c3c2cc2ccc4cccc5ccc3c2c45)c2cccc3oc4ccccc4c23)cc1. The van der Waals surface area contributed by atoms with Crippen LogP contribution in [-0.2, 0) is 5.41 Å². The van der Waals surface area contributed by atoms with Crippen LogP contribution in [0.15, 0.2) is 241 Å². The van der Waals surface area contributed by atoms with Crippen LogP contribution >= 0.6 is 0 Å². The molecule has 1 atom stereocenters. The summed E-state index contributed by atoms with van der Waals surface area (Å²) in [4.78, 5) is 2.47. The highest BCUT2D eigenvalue weighted by atomic mass is 16.3. The zero-order chi connectivity index (χ0) is 43.8. The van der Waals surface area contributed by atoms with Gasteiger partial charge >= 0.3 is 0 Å². The monoisotopic (exact) mass is 849 g/mol. The highest BCUT2D eigenvalue weighted by molar-refractivity contribution is 6.27. The molecule has 67 heavy (non-hydrogen) atoms. The van der Waals surface area contributed by atoms with E-state index in [1.54, 1.807) is 0 Å². The Morgan fingerprint density at radius 1 is 0.313 bits per heavy atom. The van der Waals surface area contributed by atoms with Crippen molar-refractivity contribution in [3.63, 3.8) is 0 Å². The summed E-state index contributed by atoms with van der Waals surface area (Å²) in [6.45, 7) is 0. The zero-order valence-corrected chi connectivity index (χ0v) is 36.4. The van der Waals surface area contributed by atoms with E-state index in [0.29, 0.717) is 0 Å². The number of fused-ring (bicyclic) bond motifs is 16. The molecule has 2 nitrogen and oxygen atoms in total. The molecule has 0 radical (unpaired) electrons. The van der Waals surface area contributed by atoms with Gasteiger partial charge < -0.3 is 9.32 Å². The van der Waals surface area contributed by atoms with Crippen LogP contribution in [0.3, 0.4) is 0 Å². The van der Waals surface area contributed by atoms with Gasteiger partial charge in [-0.1, -0.05) is 194 Å². The van der Waals surface area contributed by atoms with E-state index in [1.165, 1.54) is 88.0 Å². The Bertz CT molecular complexity index is 4160. The van der Waals surface area contributed by atoms with Crippen molar-refractivity contribution >= 4 is 71.3 Å². The third-order valence-electron chi connectivity index (χ3n) is 15.0. The molecule has 2 aliphatic rings. The number of hydrogen-bond donors (Lipinski definition) is 0. The topological polar surface area (TPSA) is 16.4 Å². The molecule has 310 valence electrons. The molecule has 2 aliphatic carbocycles. The second-order valence-corrected chi connectivity index (χ2v) is 18.2. The second kappa shape index (κ2) is 13.7. The number of para-hydroxylation sites is 2. The Kier molecular flexibility index (Phi) is 7.46. The van der Waals surface area contributed by atoms with Crippen molar-refractivity contribution in [1.82, 2.24) is 0 Å². The number of furan rings is 1. The summed E-state index contributed by atoms with van der Waals surface area (Å²) in [5.41, 5.74) is 19.4. The lowest BCUT2D eigenvalue weighted by Gasteiger charge is -2.36. The molecule has 0 amide bonds. The van der Waals surface area contributed by atoms with Gasteiger partial charge in [-0.05, 0) is 136 Å². The van der Waals surface area contributed by atoms with Crippen molar-refractivity contribution in [2.75, 3.05) is 4.90 Å². The summed E-state index contributed by atoms with van der Waals surface area (Å²) in [5, 5.41) is 10.0. The third-order valence-corrected chi connectivity index (χ3v) is 15.0. The number of nitrogens with zero attached hydrogens (tertiary/aromatic N) is 1. The van der Waals surface area contributed by atoms with E-state index < -0.39 is 5.41 Å². The average molecular weight is 850 g/mol. The van der Waals surface area contributed by atoms with Gasteiger partial charge in [-0.3, -0.25) is 0 Å². The molecule has 0 bridgehead atoms. The van der Waals surface area contributed by atoms with Crippen LogP contribution < -0.4 is 4.90 Å². The fourth-order valence-electron chi connectivity index (χ4n) is 12.4. The van der Waals surface area contributed by atoms with Crippen LogP contribution in [0, 0.1) is 0 Å². The number of hydrogen-bond acceptors (Lipinski definition) is 2. The first kappa shape index (κ1) is 36.6. The van der Waals surface area contributed by atoms with E-state index in [2.05, 4.69) is 241 Å². The van der Waals surface area contributed by atoms with E-state index in [9.17, 15) is 0 Å². The second-order valence-electron chi connectivity index (χ2n) is 18.2. The van der Waals surface area contributed by atoms with Gasteiger partial charge in [-0.2, -0.15) is 0 Å². The Morgan fingerprint density at radius 2 is 0.910 bits per heavy atom. The Balaban J connectivity index is 1.08. The fourth-order valence-corrected chi connectivity index (χ4v) is 12.4. The van der Waals surface area contributed by atoms with Gasteiger partial charge in [0, 0.05) is 16.6 Å². The zero-order valence-electron chi connectivity index (χ0n) is 36.4. The minimum atomic E-state index is -0.645. The summed E-state index contributed by atoms with van der Waals surface area (Å²) in [7, 11) is 0. The van der Waals surface area contributed by atoms with Crippen LogP contribution in [-0.4, -0.2) is 0 Å². The predicted molar refractivity (Wildman–Crippen MR) is 279 cm³/mol. The van der Waals surface area contributed by atoms with Gasteiger partial charge in [-0.15, -0.1) is 0 Å². The molecule has 0 saturated carbocycles. The van der Waals surface area contributed by atoms with Crippen molar-refractivity contribution in [3.05, 3.63) is 259 Å². The van der Waals surface area contributed by atoms with Crippen LogP contribution in [0.5, 0.6) is 0 Å². The van der Waals surface area contributed by atoms with Gasteiger partial charge in [-0.25, -0.2) is 0 Å². The summed E-state index contributed by atoms with van der Waals surface area (Å²) in [6.07, 6.45) is 0. The highest BCUT2D eigenvalue weighted by Crippen LogP contribution is 2.64. The first-order chi connectivity index (χ1) is 33.3. The molecule has 1 spiro atoms. The van der Waals surface area contributed by atoms with Gasteiger partial charge in [0.15, 0.2) is 0 Å². The van der Waals surface area contributed by atoms with Crippen LogP contribution in [0.1, 0.15) is 22.3 Å². The molecule has 13 aromatic rings. The summed E-state index contributed by atoms with van der Waals surface area (Å²) in [5.74, 6) is 0. The molecule has 15 rings (SSSR count). The van der Waals surface area contributed by atoms with Gasteiger partial charge in [0.25, 0.3) is 0 Å². The predicted octanol–water partition coefficient (Wildman–Crippen LogP) is 17.6. The normalized spacial score (nSPS) is 14.6. The molecule has 12 aromatic carbocycles. The lowest BCUT2D eigenvalue weighted by molar-refractivity contribution is 0.669. The number of rotatable bonds is 4. The van der Waals surface area contributed by atoms with Crippen molar-refractivity contribution in [2.45, 2.75) is 5.41 Å². The van der Waals surface area contributed by atoms with Crippen LogP contribution in [0.2, 0.25) is 0 Å². The molecular weight excluding hydrogens is 811 g/mol. The molecule has 0 fully saturated rings. The Morgan fingerprint density at radius 3 is 1.75 bits per heavy atom. The van der Waals surface area contributed by atoms with Gasteiger partial charge in [0.2, 0.25) is 0 Å². The maximum atomic E-state index is 6.59. The van der Waals surface area contributed by atoms with Crippen molar-refractivity contribution in [1.29, 1.82) is 0 Å². The van der Waals surface area contributed by atoms with Gasteiger partial charge in [0.05, 0.1) is 22.2 Å². The standard InChI is InChI=1S/C65H39NO/c1-2-16-40(17-3-1)45-20-8-12-28-57(45)66(58-29-15-31-60-64(58)50-25-9-13-30-59(50)67-60)44-35-37-55-52(39-44)47-22-5-4-21-46(47)48-23-6-10-26-53(48)65(55)54-27-11-7-24-49(54)63-51-36-34-42-19-14-18-41-32-33-43(38-56(63)65)62(51)61(41)42/h1-39H. The summed E-state index contributed by atoms with van der Waals surface area (Å²) < 4.78 is 6.59. The Hall–Kier alpha value is -8.72. The molecular formula is C65H39NO. The van der Waals surface area contributed by atoms with E-state index in [-0.39, 0.29) is 0 Å². The van der Waals surface area contributed by atoms with Crippen molar-refractivity contribution in [3.8, 4) is 44.5 Å². The first-order valence-electron chi connectivity index (χ1n) is 23.3. The van der Waals surface area contributed by atoms with E-state index >= 15 is 0 Å². The molecule has 0 saturated heterocycles. The van der Waals surface area contributed by atoms with Crippen molar-refractivity contribution in [2.24, 2.45) is 0 Å². The molecule has 0 aliphatic heterocycles. The third kappa shape index (κ3) is 4.89. The summed E-state index contributed by atoms with van der Waals surface area (Å²) in [6, 6.07) is 88.0.